The third-order valence-electron chi connectivity index (χ3n) is 4.43. The number of phenols is 1. The summed E-state index contributed by atoms with van der Waals surface area (Å²) in [5.41, 5.74) is 2.53. The summed E-state index contributed by atoms with van der Waals surface area (Å²) in [6, 6.07) is 6.37. The minimum absolute atomic E-state index is 0.0235. The number of aromatic amines is 1. The van der Waals surface area contributed by atoms with E-state index in [0.29, 0.717) is 23.1 Å². The Morgan fingerprint density at radius 1 is 1.46 bits per heavy atom. The van der Waals surface area contributed by atoms with E-state index in [0.717, 1.165) is 37.3 Å². The predicted octanol–water partition coefficient (Wildman–Crippen LogP) is 2.48. The molecule has 0 radical (unpaired) electrons. The fourth-order valence-electron chi connectivity index (χ4n) is 3.36. The molecule has 1 fully saturated rings. The highest BCUT2D eigenvalue weighted by Crippen LogP contribution is 2.37. The maximum Gasteiger partial charge on any atom is 0.143 e. The van der Waals surface area contributed by atoms with Gasteiger partial charge in [0, 0.05) is 43.0 Å². The number of H-pyrrole nitrogens is 1. The summed E-state index contributed by atoms with van der Waals surface area (Å²) in [6.45, 7) is 6.98. The number of phenolic OH excluding ortho intramolecular Hbond substituents is 1. The van der Waals surface area contributed by atoms with Crippen molar-refractivity contribution in [2.45, 2.75) is 26.3 Å². The minimum Gasteiger partial charge on any atom is -0.506 e. The van der Waals surface area contributed by atoms with Crippen LogP contribution in [0.4, 0.5) is 5.69 Å². The van der Waals surface area contributed by atoms with E-state index in [1.807, 2.05) is 12.1 Å². The van der Waals surface area contributed by atoms with Crippen LogP contribution in [0.3, 0.4) is 0 Å². The fourth-order valence-corrected chi connectivity index (χ4v) is 3.36. The molecule has 3 rings (SSSR count). The van der Waals surface area contributed by atoms with Gasteiger partial charge in [0.2, 0.25) is 0 Å². The molecule has 1 saturated heterocycles. The van der Waals surface area contributed by atoms with Crippen LogP contribution in [-0.2, 0) is 0 Å². The highest BCUT2D eigenvalue weighted by Gasteiger charge is 2.24. The summed E-state index contributed by atoms with van der Waals surface area (Å²) in [7, 11) is 0. The van der Waals surface area contributed by atoms with Crippen molar-refractivity contribution in [1.29, 1.82) is 5.26 Å². The Morgan fingerprint density at radius 2 is 2.29 bits per heavy atom. The molecule has 1 atom stereocenters. The van der Waals surface area contributed by atoms with Crippen LogP contribution in [0.2, 0.25) is 0 Å². The maximum absolute atomic E-state index is 10.6. The van der Waals surface area contributed by atoms with Gasteiger partial charge in [-0.25, -0.2) is 0 Å². The van der Waals surface area contributed by atoms with Gasteiger partial charge in [-0.3, -0.25) is 5.10 Å². The third kappa shape index (κ3) is 3.22. The number of hydrogen-bond acceptors (Lipinski definition) is 5. The van der Waals surface area contributed by atoms with Crippen molar-refractivity contribution in [3.05, 3.63) is 30.1 Å². The molecule has 2 heterocycles. The number of nitrogens with zero attached hydrogens (tertiary/aromatic N) is 3. The summed E-state index contributed by atoms with van der Waals surface area (Å²) in [4.78, 5) is 2.20. The van der Waals surface area contributed by atoms with Crippen molar-refractivity contribution in [3.8, 4) is 22.9 Å². The van der Waals surface area contributed by atoms with E-state index in [4.69, 9.17) is 0 Å². The maximum atomic E-state index is 10.6. The van der Waals surface area contributed by atoms with Gasteiger partial charge in [-0.05, 0) is 24.5 Å². The van der Waals surface area contributed by atoms with Crippen molar-refractivity contribution in [3.63, 3.8) is 0 Å². The zero-order valence-electron chi connectivity index (χ0n) is 14.1. The van der Waals surface area contributed by atoms with Crippen LogP contribution in [0.1, 0.15) is 25.8 Å². The largest absolute Gasteiger partial charge is 0.506 e. The molecule has 6 heteroatoms. The lowest BCUT2D eigenvalue weighted by atomic mass is 9.99. The average Bonchev–Trinajstić information content (AvgIpc) is 3.08. The Morgan fingerprint density at radius 3 is 2.96 bits per heavy atom. The molecule has 1 aromatic heterocycles. The van der Waals surface area contributed by atoms with Crippen LogP contribution >= 0.6 is 0 Å². The standard InChI is InChI=1S/C18H23N5O/c1-12(2)7-14-11-23(6-5-20-14)17-4-3-15(13-9-21-22-10-13)18(24)16(17)8-19/h3-4,9-10,12,14,20,24H,5-7,11H2,1-2H3,(H,21,22). The third-order valence-corrected chi connectivity index (χ3v) is 4.43. The molecule has 1 aromatic carbocycles. The van der Waals surface area contributed by atoms with E-state index in [1.165, 1.54) is 0 Å². The lowest BCUT2D eigenvalue weighted by molar-refractivity contribution is 0.387. The normalized spacial score (nSPS) is 17.9. The number of aromatic hydroxyl groups is 1. The Kier molecular flexibility index (Phi) is 4.72. The molecule has 126 valence electrons. The number of aromatic nitrogens is 2. The van der Waals surface area contributed by atoms with Crippen molar-refractivity contribution >= 4 is 5.69 Å². The molecule has 0 amide bonds. The van der Waals surface area contributed by atoms with Crippen LogP contribution in [0.25, 0.3) is 11.1 Å². The van der Waals surface area contributed by atoms with Crippen LogP contribution in [0.5, 0.6) is 5.75 Å². The van der Waals surface area contributed by atoms with Crippen LogP contribution in [-0.4, -0.2) is 41.0 Å². The second kappa shape index (κ2) is 6.93. The van der Waals surface area contributed by atoms with E-state index in [9.17, 15) is 10.4 Å². The van der Waals surface area contributed by atoms with Gasteiger partial charge >= 0.3 is 0 Å². The first-order valence-electron chi connectivity index (χ1n) is 8.33. The number of nitrogens with one attached hydrogen (secondary N) is 2. The SMILES string of the molecule is CC(C)CC1CN(c2ccc(-c3cn[nH]c3)c(O)c2C#N)CCN1. The van der Waals surface area contributed by atoms with Crippen molar-refractivity contribution in [2.24, 2.45) is 5.92 Å². The molecule has 24 heavy (non-hydrogen) atoms. The first-order valence-corrected chi connectivity index (χ1v) is 8.33. The fraction of sp³-hybridized carbons (Fsp3) is 0.444. The van der Waals surface area contributed by atoms with Gasteiger partial charge in [-0.2, -0.15) is 10.4 Å². The van der Waals surface area contributed by atoms with Gasteiger partial charge in [0.25, 0.3) is 0 Å². The van der Waals surface area contributed by atoms with E-state index < -0.39 is 0 Å². The molecular weight excluding hydrogens is 302 g/mol. The number of anilines is 1. The molecule has 2 aromatic rings. The van der Waals surface area contributed by atoms with Gasteiger partial charge in [0.1, 0.15) is 17.4 Å². The lowest BCUT2D eigenvalue weighted by Gasteiger charge is -2.36. The number of hydrogen-bond donors (Lipinski definition) is 3. The summed E-state index contributed by atoms with van der Waals surface area (Å²) in [5.74, 6) is 0.644. The van der Waals surface area contributed by atoms with Crippen LogP contribution < -0.4 is 10.2 Å². The van der Waals surface area contributed by atoms with Crippen molar-refractivity contribution in [1.82, 2.24) is 15.5 Å². The van der Waals surface area contributed by atoms with Gasteiger partial charge in [-0.15, -0.1) is 0 Å². The summed E-state index contributed by atoms with van der Waals surface area (Å²) in [6.07, 6.45) is 4.44. The highest BCUT2D eigenvalue weighted by molar-refractivity contribution is 5.78. The first-order chi connectivity index (χ1) is 11.6. The van der Waals surface area contributed by atoms with Crippen LogP contribution in [0.15, 0.2) is 24.5 Å². The van der Waals surface area contributed by atoms with E-state index >= 15 is 0 Å². The van der Waals surface area contributed by atoms with E-state index in [-0.39, 0.29) is 5.75 Å². The molecule has 0 saturated carbocycles. The Labute approximate surface area is 142 Å². The zero-order valence-corrected chi connectivity index (χ0v) is 14.1. The Bertz CT molecular complexity index is 733. The van der Waals surface area contributed by atoms with Gasteiger partial charge in [0.15, 0.2) is 0 Å². The summed E-state index contributed by atoms with van der Waals surface area (Å²) in [5, 5.41) is 30.3. The topological polar surface area (TPSA) is 88.0 Å². The predicted molar refractivity (Wildman–Crippen MR) is 93.9 cm³/mol. The summed E-state index contributed by atoms with van der Waals surface area (Å²) >= 11 is 0. The first kappa shape index (κ1) is 16.3. The zero-order chi connectivity index (χ0) is 17.1. The molecule has 1 aliphatic rings. The quantitative estimate of drug-likeness (QED) is 0.804. The van der Waals surface area contributed by atoms with E-state index in [2.05, 4.69) is 40.3 Å². The highest BCUT2D eigenvalue weighted by atomic mass is 16.3. The molecule has 1 unspecified atom stereocenters. The second-order valence-corrected chi connectivity index (χ2v) is 6.68. The van der Waals surface area contributed by atoms with Gasteiger partial charge in [0.05, 0.1) is 11.9 Å². The van der Waals surface area contributed by atoms with Gasteiger partial charge in [-0.1, -0.05) is 13.8 Å². The molecule has 0 bridgehead atoms. The summed E-state index contributed by atoms with van der Waals surface area (Å²) < 4.78 is 0. The number of rotatable bonds is 4. The second-order valence-electron chi connectivity index (χ2n) is 6.68. The number of benzene rings is 1. The number of piperazine rings is 1. The lowest BCUT2D eigenvalue weighted by Crippen LogP contribution is -2.51. The monoisotopic (exact) mass is 325 g/mol. The molecule has 3 N–H and O–H groups in total. The van der Waals surface area contributed by atoms with Crippen molar-refractivity contribution in [2.75, 3.05) is 24.5 Å². The molecule has 0 aliphatic carbocycles. The van der Waals surface area contributed by atoms with E-state index in [1.54, 1.807) is 12.4 Å². The average molecular weight is 325 g/mol. The van der Waals surface area contributed by atoms with Crippen LogP contribution in [0, 0.1) is 17.2 Å². The smallest absolute Gasteiger partial charge is 0.143 e. The molecular formula is C18H23N5O. The Hall–Kier alpha value is -2.52. The molecule has 6 nitrogen and oxygen atoms in total. The Balaban J connectivity index is 1.91. The van der Waals surface area contributed by atoms with Gasteiger partial charge < -0.3 is 15.3 Å². The molecule has 1 aliphatic heterocycles. The molecule has 0 spiro atoms. The minimum atomic E-state index is 0.0235. The van der Waals surface area contributed by atoms with Crippen molar-refractivity contribution < 1.29 is 5.11 Å². The number of nitriles is 1.